The van der Waals surface area contributed by atoms with Gasteiger partial charge in [-0.3, -0.25) is 0 Å². The Hall–Kier alpha value is -0.0400. The van der Waals surface area contributed by atoms with Crippen molar-refractivity contribution in [1.29, 1.82) is 0 Å². The van der Waals surface area contributed by atoms with Crippen LogP contribution in [0.1, 0.15) is 32.1 Å². The van der Waals surface area contributed by atoms with Crippen LogP contribution < -0.4 is 0 Å². The normalized spacial score (nSPS) is 76.5. The summed E-state index contributed by atoms with van der Waals surface area (Å²) in [4.78, 5) is 0. The molecule has 16 heavy (non-hydrogen) atoms. The van der Waals surface area contributed by atoms with Gasteiger partial charge in [-0.25, -0.2) is 0 Å². The summed E-state index contributed by atoms with van der Waals surface area (Å²) in [5, 5.41) is 0. The second-order valence-electron chi connectivity index (χ2n) is 7.67. The Bertz CT molecular complexity index is 378. The number of rotatable bonds is 0. The van der Waals surface area contributed by atoms with Crippen molar-refractivity contribution in [1.82, 2.24) is 0 Å². The molecule has 0 aromatic rings. The van der Waals surface area contributed by atoms with E-state index in [1.54, 1.807) is 25.7 Å². The molecule has 1 heterocycles. The van der Waals surface area contributed by atoms with Crippen LogP contribution in [-0.2, 0) is 4.74 Å². The van der Waals surface area contributed by atoms with Gasteiger partial charge < -0.3 is 4.74 Å². The van der Waals surface area contributed by atoms with Crippen LogP contribution in [0.2, 0.25) is 0 Å². The standard InChI is InChI=1S/C15H20O/c1-2-7-3-6(1)12-8-4-10(13(7)12)14-9(8)5-11-15(14)16-11/h6-15H,1-5H2/t6?,7?,8?,9?,10?,11-,12?,13?,14?,15-/m1/s1. The SMILES string of the molecule is C1CC2CC1C1C3CC(C21)C1C3C[C@H]2O[C@@H]12. The maximum absolute atomic E-state index is 5.85. The molecule has 86 valence electrons. The first kappa shape index (κ1) is 8.13. The predicted octanol–water partition coefficient (Wildman–Crippen LogP) is 2.70. The van der Waals surface area contributed by atoms with Crippen LogP contribution in [0.4, 0.5) is 0 Å². The summed E-state index contributed by atoms with van der Waals surface area (Å²) < 4.78 is 5.85. The largest absolute Gasteiger partial charge is 0.369 e. The van der Waals surface area contributed by atoms with Crippen LogP contribution in [0.25, 0.3) is 0 Å². The first-order chi connectivity index (χ1) is 7.92. The molecule has 0 amide bonds. The van der Waals surface area contributed by atoms with Gasteiger partial charge in [0, 0.05) is 0 Å². The lowest BCUT2D eigenvalue weighted by molar-refractivity contribution is 0.0367. The van der Waals surface area contributed by atoms with Crippen molar-refractivity contribution >= 4 is 0 Å². The molecule has 1 heteroatoms. The summed E-state index contributed by atoms with van der Waals surface area (Å²) in [6.45, 7) is 0. The van der Waals surface area contributed by atoms with Gasteiger partial charge in [-0.05, 0) is 79.4 Å². The van der Waals surface area contributed by atoms with Gasteiger partial charge >= 0.3 is 0 Å². The van der Waals surface area contributed by atoms with Crippen molar-refractivity contribution < 1.29 is 4.74 Å². The molecular weight excluding hydrogens is 196 g/mol. The summed E-state index contributed by atoms with van der Waals surface area (Å²) in [5.41, 5.74) is 0. The van der Waals surface area contributed by atoms with E-state index in [-0.39, 0.29) is 0 Å². The molecular formula is C15H20O. The summed E-state index contributed by atoms with van der Waals surface area (Å²) in [7, 11) is 0. The van der Waals surface area contributed by atoms with Crippen LogP contribution in [-0.4, -0.2) is 12.2 Å². The lowest BCUT2D eigenvalue weighted by Gasteiger charge is -2.41. The molecule has 5 saturated carbocycles. The Balaban J connectivity index is 1.47. The zero-order valence-corrected chi connectivity index (χ0v) is 9.72. The first-order valence-corrected chi connectivity index (χ1v) is 7.57. The highest BCUT2D eigenvalue weighted by atomic mass is 16.6. The monoisotopic (exact) mass is 216 g/mol. The fourth-order valence-corrected chi connectivity index (χ4v) is 7.53. The van der Waals surface area contributed by atoms with E-state index in [0.717, 1.165) is 41.8 Å². The van der Waals surface area contributed by atoms with Crippen molar-refractivity contribution in [3.05, 3.63) is 0 Å². The van der Waals surface area contributed by atoms with Crippen LogP contribution in [0.5, 0.6) is 0 Å². The molecule has 0 aromatic carbocycles. The van der Waals surface area contributed by atoms with Gasteiger partial charge in [0.05, 0.1) is 12.2 Å². The molecule has 5 aliphatic carbocycles. The van der Waals surface area contributed by atoms with E-state index in [4.69, 9.17) is 4.74 Å². The minimum atomic E-state index is 0.733. The average molecular weight is 216 g/mol. The van der Waals surface area contributed by atoms with Crippen LogP contribution in [0, 0.1) is 47.3 Å². The first-order valence-electron chi connectivity index (χ1n) is 7.57. The second-order valence-corrected chi connectivity index (χ2v) is 7.67. The van der Waals surface area contributed by atoms with E-state index in [2.05, 4.69) is 0 Å². The number of fused-ring (bicyclic) bond motifs is 14. The molecule has 0 spiro atoms. The summed E-state index contributed by atoms with van der Waals surface area (Å²) in [6, 6.07) is 0. The number of epoxide rings is 1. The Morgan fingerprint density at radius 3 is 2.31 bits per heavy atom. The zero-order valence-electron chi connectivity index (χ0n) is 9.72. The van der Waals surface area contributed by atoms with E-state index in [1.165, 1.54) is 24.2 Å². The summed E-state index contributed by atoms with van der Waals surface area (Å²) in [5.74, 6) is 9.13. The van der Waals surface area contributed by atoms with Crippen molar-refractivity contribution in [2.24, 2.45) is 47.3 Å². The molecule has 1 saturated heterocycles. The van der Waals surface area contributed by atoms with Gasteiger partial charge in [0.1, 0.15) is 0 Å². The Morgan fingerprint density at radius 1 is 0.688 bits per heavy atom. The van der Waals surface area contributed by atoms with E-state index in [1.807, 2.05) is 0 Å². The fourth-order valence-electron chi connectivity index (χ4n) is 7.53. The second kappa shape index (κ2) is 2.25. The summed E-state index contributed by atoms with van der Waals surface area (Å²) >= 11 is 0. The average Bonchev–Trinajstić information content (AvgIpc) is 2.84. The lowest BCUT2D eigenvalue weighted by Crippen LogP contribution is -2.38. The molecule has 0 N–H and O–H groups in total. The maximum atomic E-state index is 5.85. The third-order valence-corrected chi connectivity index (χ3v) is 7.62. The zero-order chi connectivity index (χ0) is 10.0. The molecule has 6 fully saturated rings. The van der Waals surface area contributed by atoms with Gasteiger partial charge in [-0.2, -0.15) is 0 Å². The van der Waals surface area contributed by atoms with Gasteiger partial charge in [-0.15, -0.1) is 0 Å². The van der Waals surface area contributed by atoms with Crippen molar-refractivity contribution in [3.63, 3.8) is 0 Å². The smallest absolute Gasteiger partial charge is 0.0875 e. The van der Waals surface area contributed by atoms with Gasteiger partial charge in [0.2, 0.25) is 0 Å². The number of ether oxygens (including phenoxy) is 1. The molecule has 10 atom stereocenters. The van der Waals surface area contributed by atoms with Crippen molar-refractivity contribution in [2.45, 2.75) is 44.3 Å². The Kier molecular flexibility index (Phi) is 1.15. The molecule has 8 unspecified atom stereocenters. The third-order valence-electron chi connectivity index (χ3n) is 7.62. The molecule has 0 radical (unpaired) electrons. The predicted molar refractivity (Wildman–Crippen MR) is 59.7 cm³/mol. The molecule has 1 nitrogen and oxygen atoms in total. The van der Waals surface area contributed by atoms with Crippen LogP contribution >= 0.6 is 0 Å². The molecule has 4 bridgehead atoms. The topological polar surface area (TPSA) is 12.5 Å². The maximum Gasteiger partial charge on any atom is 0.0875 e. The molecule has 0 aromatic heterocycles. The molecule has 6 aliphatic rings. The van der Waals surface area contributed by atoms with E-state index >= 15 is 0 Å². The van der Waals surface area contributed by atoms with E-state index in [0.29, 0.717) is 0 Å². The van der Waals surface area contributed by atoms with Crippen LogP contribution in [0.15, 0.2) is 0 Å². The highest BCUT2D eigenvalue weighted by Gasteiger charge is 2.72. The highest BCUT2D eigenvalue weighted by molar-refractivity contribution is 5.20. The third kappa shape index (κ3) is 0.674. The number of hydrogen-bond acceptors (Lipinski definition) is 1. The number of hydrogen-bond donors (Lipinski definition) is 0. The fraction of sp³-hybridized carbons (Fsp3) is 1.00. The lowest BCUT2D eigenvalue weighted by atomic mass is 9.64. The van der Waals surface area contributed by atoms with E-state index in [9.17, 15) is 0 Å². The van der Waals surface area contributed by atoms with Gasteiger partial charge in [0.25, 0.3) is 0 Å². The summed E-state index contributed by atoms with van der Waals surface area (Å²) in [6.07, 6.45) is 9.35. The quantitative estimate of drug-likeness (QED) is 0.448. The molecule has 1 aliphatic heterocycles. The van der Waals surface area contributed by atoms with Crippen molar-refractivity contribution in [3.8, 4) is 0 Å². The van der Waals surface area contributed by atoms with Crippen LogP contribution in [0.3, 0.4) is 0 Å². The van der Waals surface area contributed by atoms with E-state index < -0.39 is 0 Å². The van der Waals surface area contributed by atoms with Crippen molar-refractivity contribution in [2.75, 3.05) is 0 Å². The molecule has 6 rings (SSSR count). The van der Waals surface area contributed by atoms with Gasteiger partial charge in [0.15, 0.2) is 0 Å². The Morgan fingerprint density at radius 2 is 1.44 bits per heavy atom. The minimum Gasteiger partial charge on any atom is -0.369 e. The minimum absolute atomic E-state index is 0.733. The Labute approximate surface area is 96.9 Å². The van der Waals surface area contributed by atoms with Gasteiger partial charge in [-0.1, -0.05) is 0 Å². The highest BCUT2D eigenvalue weighted by Crippen LogP contribution is 2.74.